The zero-order valence-electron chi connectivity index (χ0n) is 28.8. The lowest BCUT2D eigenvalue weighted by Gasteiger charge is -2.60. The molecule has 1 aliphatic heterocycles. The number of ether oxygens (including phenoxy) is 2. The summed E-state index contributed by atoms with van der Waals surface area (Å²) in [6.45, 7) is 12.5. The standard InChI is InChI=1S/C33H56O13S2/c1-18(2)8-7-13-33(6,36)26-10-9-22-21-17-25(42-30-28(35)27(34)29(19(3)41-30)44-46-48(39)40)24-16-20(43-45-47(37)38)11-14-31(24,4)23(21)12-15-32(22,26)5/h12,18-22,24-30,34-36H,7-11,13-17H2,1-6H3,(H,37,38)(H,39,40)/p-2. The highest BCUT2D eigenvalue weighted by Crippen LogP contribution is 2.67. The second-order valence-electron chi connectivity index (χ2n) is 16.1. The predicted octanol–water partition coefficient (Wildman–Crippen LogP) is 3.83. The van der Waals surface area contributed by atoms with E-state index in [1.165, 1.54) is 5.57 Å². The average Bonchev–Trinajstić information content (AvgIpc) is 3.36. The molecule has 0 amide bonds. The van der Waals surface area contributed by atoms with E-state index in [1.54, 1.807) is 6.92 Å². The first-order chi connectivity index (χ1) is 22.5. The van der Waals surface area contributed by atoms with E-state index in [9.17, 15) is 32.8 Å². The van der Waals surface area contributed by atoms with E-state index < -0.39 is 71.2 Å². The summed E-state index contributed by atoms with van der Waals surface area (Å²) in [5, 5.41) is 33.8. The number of hydrogen-bond acceptors (Lipinski definition) is 13. The molecule has 4 aliphatic carbocycles. The van der Waals surface area contributed by atoms with Crippen LogP contribution < -0.4 is 0 Å². The van der Waals surface area contributed by atoms with Crippen LogP contribution in [-0.4, -0.2) is 81.4 Å². The van der Waals surface area contributed by atoms with Crippen LogP contribution in [0.2, 0.25) is 0 Å². The molecule has 16 atom stereocenters. The largest absolute Gasteiger partial charge is 0.748 e. The molecule has 0 aromatic carbocycles. The van der Waals surface area contributed by atoms with Gasteiger partial charge in [0.1, 0.15) is 41.0 Å². The summed E-state index contributed by atoms with van der Waals surface area (Å²) in [7, 11) is 0. The summed E-state index contributed by atoms with van der Waals surface area (Å²) >= 11 is -5.83. The fourth-order valence-electron chi connectivity index (χ4n) is 10.4. The Bertz CT molecular complexity index is 1200. The van der Waals surface area contributed by atoms with Crippen molar-refractivity contribution >= 4 is 22.7 Å². The van der Waals surface area contributed by atoms with Crippen molar-refractivity contribution in [2.45, 2.75) is 154 Å². The maximum absolute atomic E-state index is 11.9. The Hall–Kier alpha value is -0.400. The second kappa shape index (κ2) is 15.3. The van der Waals surface area contributed by atoms with Crippen LogP contribution in [0.1, 0.15) is 106 Å². The molecule has 278 valence electrons. The molecule has 1 saturated heterocycles. The van der Waals surface area contributed by atoms with E-state index in [0.717, 1.165) is 38.5 Å². The van der Waals surface area contributed by atoms with E-state index in [4.69, 9.17) is 19.2 Å². The molecule has 3 saturated carbocycles. The zero-order valence-corrected chi connectivity index (χ0v) is 30.5. The molecule has 48 heavy (non-hydrogen) atoms. The molecule has 0 radical (unpaired) electrons. The van der Waals surface area contributed by atoms with Crippen LogP contribution in [0.15, 0.2) is 11.6 Å². The Kier molecular flexibility index (Phi) is 12.4. The molecule has 1 heterocycles. The van der Waals surface area contributed by atoms with Gasteiger partial charge in [-0.3, -0.25) is 0 Å². The van der Waals surface area contributed by atoms with Gasteiger partial charge in [-0.1, -0.05) is 52.2 Å². The van der Waals surface area contributed by atoms with Crippen molar-refractivity contribution in [2.75, 3.05) is 0 Å². The molecule has 0 aromatic heterocycles. The maximum Gasteiger partial charge on any atom is 0.186 e. The third-order valence-electron chi connectivity index (χ3n) is 12.7. The number of rotatable bonds is 13. The summed E-state index contributed by atoms with van der Waals surface area (Å²) in [5.41, 5.74) is 0.139. The second-order valence-corrected chi connectivity index (χ2v) is 17.2. The normalized spacial score (nSPS) is 45.4. The summed E-state index contributed by atoms with van der Waals surface area (Å²) < 4.78 is 65.3. The van der Waals surface area contributed by atoms with Crippen LogP contribution in [-0.2, 0) is 50.6 Å². The van der Waals surface area contributed by atoms with E-state index in [1.807, 2.05) is 6.92 Å². The van der Waals surface area contributed by atoms with Gasteiger partial charge in [0.25, 0.3) is 0 Å². The quantitative estimate of drug-likeness (QED) is 0.108. The molecule has 3 N–H and O–H groups in total. The maximum atomic E-state index is 11.9. The average molecular weight is 723 g/mol. The first-order valence-electron chi connectivity index (χ1n) is 17.4. The van der Waals surface area contributed by atoms with Crippen molar-refractivity contribution in [1.29, 1.82) is 0 Å². The minimum absolute atomic E-state index is 0.118. The third kappa shape index (κ3) is 7.83. The lowest BCUT2D eigenvalue weighted by Crippen LogP contribution is -2.61. The third-order valence-corrected chi connectivity index (χ3v) is 13.1. The molecular formula is C33H54O13S2-2. The van der Waals surface area contributed by atoms with Crippen LogP contribution >= 0.6 is 0 Å². The number of hydrogen-bond donors (Lipinski definition) is 3. The summed E-state index contributed by atoms with van der Waals surface area (Å²) in [4.78, 5) is 10.1. The Morgan fingerprint density at radius 2 is 1.73 bits per heavy atom. The smallest absolute Gasteiger partial charge is 0.186 e. The van der Waals surface area contributed by atoms with Crippen molar-refractivity contribution in [1.82, 2.24) is 0 Å². The van der Waals surface area contributed by atoms with Crippen LogP contribution in [0.25, 0.3) is 0 Å². The van der Waals surface area contributed by atoms with Gasteiger partial charge in [-0.2, -0.15) is 0 Å². The molecule has 4 fully saturated rings. The monoisotopic (exact) mass is 722 g/mol. The first kappa shape index (κ1) is 38.8. The summed E-state index contributed by atoms with van der Waals surface area (Å²) in [6.07, 6.45) is 2.77. The SMILES string of the molecule is CC(C)CCCC(C)(O)C1CCC2C3CC(OC4OC(C)C(OOS(=O)[O-])C(O)C4O)C4CC(OOS(=O)[O-])CCC4(C)C3=CCC21C. The lowest BCUT2D eigenvalue weighted by atomic mass is 9.47. The molecule has 0 bridgehead atoms. The minimum Gasteiger partial charge on any atom is -0.748 e. The van der Waals surface area contributed by atoms with Gasteiger partial charge in [-0.05, 0) is 106 Å². The summed E-state index contributed by atoms with van der Waals surface area (Å²) in [6, 6.07) is 0. The molecule has 5 aliphatic rings. The Morgan fingerprint density at radius 1 is 1.04 bits per heavy atom. The van der Waals surface area contributed by atoms with Crippen molar-refractivity contribution < 1.29 is 60.8 Å². The zero-order chi connectivity index (χ0) is 35.2. The van der Waals surface area contributed by atoms with Crippen LogP contribution in [0.3, 0.4) is 0 Å². The van der Waals surface area contributed by atoms with E-state index in [2.05, 4.69) is 42.4 Å². The van der Waals surface area contributed by atoms with Gasteiger partial charge in [-0.25, -0.2) is 18.2 Å². The number of aliphatic hydroxyl groups excluding tert-OH is 2. The molecular weight excluding hydrogens is 668 g/mol. The fourth-order valence-corrected chi connectivity index (χ4v) is 10.7. The van der Waals surface area contributed by atoms with Gasteiger partial charge in [0.15, 0.2) is 6.29 Å². The summed E-state index contributed by atoms with van der Waals surface area (Å²) in [5.74, 6) is 1.01. The number of allylic oxidation sites excluding steroid dienone is 2. The topological polar surface area (TPSA) is 196 Å². The van der Waals surface area contributed by atoms with Gasteiger partial charge in [0, 0.05) is 0 Å². The van der Waals surface area contributed by atoms with E-state index >= 15 is 0 Å². The fraction of sp³-hybridized carbons (Fsp3) is 0.939. The minimum atomic E-state index is -3.00. The van der Waals surface area contributed by atoms with Crippen molar-refractivity contribution in [2.24, 2.45) is 40.4 Å². The van der Waals surface area contributed by atoms with Gasteiger partial charge in [0.05, 0.1) is 23.9 Å². The molecule has 0 spiro atoms. The molecule has 0 aromatic rings. The van der Waals surface area contributed by atoms with Crippen LogP contribution in [0, 0.1) is 40.4 Å². The molecule has 16 unspecified atom stereocenters. The molecule has 15 heteroatoms. The van der Waals surface area contributed by atoms with Gasteiger partial charge < -0.3 is 33.9 Å². The van der Waals surface area contributed by atoms with E-state index in [0.29, 0.717) is 37.5 Å². The van der Waals surface area contributed by atoms with Gasteiger partial charge >= 0.3 is 0 Å². The van der Waals surface area contributed by atoms with Crippen molar-refractivity contribution in [3.05, 3.63) is 11.6 Å². The van der Waals surface area contributed by atoms with E-state index in [-0.39, 0.29) is 28.6 Å². The highest BCUT2D eigenvalue weighted by molar-refractivity contribution is 7.74. The van der Waals surface area contributed by atoms with Crippen molar-refractivity contribution in [3.63, 3.8) is 0 Å². The van der Waals surface area contributed by atoms with Gasteiger partial charge in [0.2, 0.25) is 0 Å². The van der Waals surface area contributed by atoms with Crippen molar-refractivity contribution in [3.8, 4) is 0 Å². The lowest BCUT2D eigenvalue weighted by molar-refractivity contribution is -0.364. The van der Waals surface area contributed by atoms with Crippen LogP contribution in [0.5, 0.6) is 0 Å². The number of aliphatic hydroxyl groups is 3. The highest BCUT2D eigenvalue weighted by atomic mass is 32.2. The van der Waals surface area contributed by atoms with Gasteiger partial charge in [-0.15, -0.1) is 8.67 Å². The highest BCUT2D eigenvalue weighted by Gasteiger charge is 2.62. The predicted molar refractivity (Wildman–Crippen MR) is 171 cm³/mol. The first-order valence-corrected chi connectivity index (χ1v) is 19.4. The number of fused-ring (bicyclic) bond motifs is 5. The Labute approximate surface area is 289 Å². The van der Waals surface area contributed by atoms with Crippen LogP contribution in [0.4, 0.5) is 0 Å². The Balaban J connectivity index is 1.41. The molecule has 5 rings (SSSR count). The molecule has 13 nitrogen and oxygen atoms in total. The Morgan fingerprint density at radius 3 is 2.40 bits per heavy atom.